The molecule has 2 aromatic rings. The third kappa shape index (κ3) is 1.86. The van der Waals surface area contributed by atoms with Crippen molar-refractivity contribution in [3.8, 4) is 11.4 Å². The first-order chi connectivity index (χ1) is 7.76. The number of ether oxygens (including phenoxy) is 1. The molecule has 82 valence electrons. The largest absolute Gasteiger partial charge is 0.497 e. The molecule has 16 heavy (non-hydrogen) atoms. The van der Waals surface area contributed by atoms with Gasteiger partial charge < -0.3 is 4.74 Å². The van der Waals surface area contributed by atoms with E-state index in [1.807, 2.05) is 24.3 Å². The van der Waals surface area contributed by atoms with Gasteiger partial charge in [0.1, 0.15) is 10.4 Å². The molecule has 1 aromatic carbocycles. The molecule has 0 unspecified atom stereocenters. The van der Waals surface area contributed by atoms with Gasteiger partial charge in [0.25, 0.3) is 0 Å². The minimum Gasteiger partial charge on any atom is -0.497 e. The van der Waals surface area contributed by atoms with Crippen molar-refractivity contribution in [2.24, 2.45) is 0 Å². The Labute approximate surface area is 101 Å². The number of carbonyl (C=O) groups is 1. The van der Waals surface area contributed by atoms with Crippen LogP contribution in [0.5, 0.6) is 5.75 Å². The summed E-state index contributed by atoms with van der Waals surface area (Å²) in [5.74, 6) is 0.780. The smallest absolute Gasteiger partial charge is 0.154 e. The van der Waals surface area contributed by atoms with Crippen molar-refractivity contribution in [3.05, 3.63) is 40.6 Å². The lowest BCUT2D eigenvalue weighted by Crippen LogP contribution is -1.96. The van der Waals surface area contributed by atoms with Crippen molar-refractivity contribution in [2.45, 2.75) is 0 Å². The Morgan fingerprint density at radius 3 is 2.56 bits per heavy atom. The summed E-state index contributed by atoms with van der Waals surface area (Å²) in [4.78, 5) is 10.7. The minimum atomic E-state index is 0.524. The molecule has 0 saturated carbocycles. The van der Waals surface area contributed by atoms with E-state index in [1.165, 1.54) is 6.20 Å². The maximum absolute atomic E-state index is 10.7. The van der Waals surface area contributed by atoms with Crippen LogP contribution in [0.1, 0.15) is 10.4 Å². The normalized spacial score (nSPS) is 10.1. The van der Waals surface area contributed by atoms with Crippen molar-refractivity contribution in [1.29, 1.82) is 0 Å². The van der Waals surface area contributed by atoms with Gasteiger partial charge in [0, 0.05) is 0 Å². The molecule has 0 aliphatic heterocycles. The second-order valence-corrected chi connectivity index (χ2v) is 3.87. The Morgan fingerprint density at radius 2 is 2.06 bits per heavy atom. The average Bonchev–Trinajstić information content (AvgIpc) is 2.70. The third-order valence-corrected chi connectivity index (χ3v) is 2.97. The lowest BCUT2D eigenvalue weighted by molar-refractivity contribution is 0.112. The van der Waals surface area contributed by atoms with Gasteiger partial charge in [0.2, 0.25) is 0 Å². The summed E-state index contributed by atoms with van der Waals surface area (Å²) in [6.45, 7) is 0. The summed E-state index contributed by atoms with van der Waals surface area (Å²) in [6.07, 6.45) is 2.28. The van der Waals surface area contributed by atoms with Gasteiger partial charge in [0.05, 0.1) is 24.6 Å². The van der Waals surface area contributed by atoms with Gasteiger partial charge in [-0.2, -0.15) is 5.10 Å². The van der Waals surface area contributed by atoms with Crippen LogP contribution in [0.2, 0.25) is 0 Å². The van der Waals surface area contributed by atoms with Gasteiger partial charge in [-0.3, -0.25) is 4.79 Å². The standard InChI is InChI=1S/C11H9BrN2O2/c1-16-10-4-2-9(3-5-10)14-11(12)8(7-15)6-13-14/h2-7H,1H3. The molecular formula is C11H9BrN2O2. The van der Waals surface area contributed by atoms with Crippen molar-refractivity contribution in [1.82, 2.24) is 9.78 Å². The summed E-state index contributed by atoms with van der Waals surface area (Å²) in [7, 11) is 1.61. The van der Waals surface area contributed by atoms with E-state index in [2.05, 4.69) is 21.0 Å². The summed E-state index contributed by atoms with van der Waals surface area (Å²) in [5, 5.41) is 4.11. The van der Waals surface area contributed by atoms with Crippen LogP contribution in [-0.2, 0) is 0 Å². The zero-order valence-electron chi connectivity index (χ0n) is 8.55. The molecule has 0 saturated heterocycles. The quantitative estimate of drug-likeness (QED) is 0.812. The van der Waals surface area contributed by atoms with E-state index in [0.29, 0.717) is 10.2 Å². The zero-order valence-corrected chi connectivity index (χ0v) is 10.1. The van der Waals surface area contributed by atoms with Gasteiger partial charge in [-0.25, -0.2) is 4.68 Å². The predicted molar refractivity (Wildman–Crippen MR) is 63.2 cm³/mol. The highest BCUT2D eigenvalue weighted by molar-refractivity contribution is 9.10. The highest BCUT2D eigenvalue weighted by atomic mass is 79.9. The van der Waals surface area contributed by atoms with E-state index in [4.69, 9.17) is 4.74 Å². The van der Waals surface area contributed by atoms with E-state index in [-0.39, 0.29) is 0 Å². The first-order valence-corrected chi connectivity index (χ1v) is 5.38. The van der Waals surface area contributed by atoms with Crippen LogP contribution in [0, 0.1) is 0 Å². The topological polar surface area (TPSA) is 44.1 Å². The SMILES string of the molecule is COc1ccc(-n2ncc(C=O)c2Br)cc1. The Kier molecular flexibility index (Phi) is 3.05. The van der Waals surface area contributed by atoms with Crippen LogP contribution >= 0.6 is 15.9 Å². The number of halogens is 1. The zero-order chi connectivity index (χ0) is 11.5. The number of aromatic nitrogens is 2. The Morgan fingerprint density at radius 1 is 1.38 bits per heavy atom. The monoisotopic (exact) mass is 280 g/mol. The molecule has 1 aromatic heterocycles. The molecule has 0 atom stereocenters. The van der Waals surface area contributed by atoms with Crippen LogP contribution in [0.15, 0.2) is 35.1 Å². The molecule has 0 bridgehead atoms. The van der Waals surface area contributed by atoms with Gasteiger partial charge in [-0.1, -0.05) is 0 Å². The minimum absolute atomic E-state index is 0.524. The molecule has 4 nitrogen and oxygen atoms in total. The van der Waals surface area contributed by atoms with Crippen LogP contribution < -0.4 is 4.74 Å². The molecule has 0 spiro atoms. The van der Waals surface area contributed by atoms with Gasteiger partial charge >= 0.3 is 0 Å². The highest BCUT2D eigenvalue weighted by Gasteiger charge is 2.08. The highest BCUT2D eigenvalue weighted by Crippen LogP contribution is 2.21. The number of hydrogen-bond acceptors (Lipinski definition) is 3. The lowest BCUT2D eigenvalue weighted by atomic mass is 10.3. The van der Waals surface area contributed by atoms with Gasteiger partial charge in [0.15, 0.2) is 6.29 Å². The summed E-state index contributed by atoms with van der Waals surface area (Å²) in [5.41, 5.74) is 1.39. The maximum atomic E-state index is 10.7. The Bertz CT molecular complexity index is 505. The second kappa shape index (κ2) is 4.49. The number of hydrogen-bond donors (Lipinski definition) is 0. The molecule has 0 radical (unpaired) electrons. The summed E-state index contributed by atoms with van der Waals surface area (Å²) < 4.78 is 7.35. The number of carbonyl (C=O) groups excluding carboxylic acids is 1. The maximum Gasteiger partial charge on any atom is 0.154 e. The van der Waals surface area contributed by atoms with Crippen molar-refractivity contribution in [3.63, 3.8) is 0 Å². The second-order valence-electron chi connectivity index (χ2n) is 3.12. The molecule has 0 amide bonds. The summed E-state index contributed by atoms with van der Waals surface area (Å²) >= 11 is 3.32. The number of methoxy groups -OCH3 is 1. The molecule has 5 heteroatoms. The van der Waals surface area contributed by atoms with Crippen LogP contribution in [0.4, 0.5) is 0 Å². The van der Waals surface area contributed by atoms with Gasteiger partial charge in [-0.05, 0) is 40.2 Å². The van der Waals surface area contributed by atoms with Crippen LogP contribution in [-0.4, -0.2) is 23.2 Å². The molecule has 0 aliphatic carbocycles. The van der Waals surface area contributed by atoms with E-state index in [1.54, 1.807) is 11.8 Å². The molecule has 2 rings (SSSR count). The summed E-state index contributed by atoms with van der Waals surface area (Å²) in [6, 6.07) is 7.41. The Balaban J connectivity index is 2.42. The van der Waals surface area contributed by atoms with E-state index in [9.17, 15) is 4.79 Å². The van der Waals surface area contributed by atoms with E-state index < -0.39 is 0 Å². The molecule has 0 N–H and O–H groups in total. The third-order valence-electron chi connectivity index (χ3n) is 2.18. The molecule has 0 fully saturated rings. The van der Waals surface area contributed by atoms with Crippen molar-refractivity contribution >= 4 is 22.2 Å². The fraction of sp³-hybridized carbons (Fsp3) is 0.0909. The number of aldehydes is 1. The van der Waals surface area contributed by atoms with Crippen LogP contribution in [0.3, 0.4) is 0 Å². The number of benzene rings is 1. The van der Waals surface area contributed by atoms with Crippen molar-refractivity contribution < 1.29 is 9.53 Å². The lowest BCUT2D eigenvalue weighted by Gasteiger charge is -2.04. The van der Waals surface area contributed by atoms with Crippen LogP contribution in [0.25, 0.3) is 5.69 Å². The molecular weight excluding hydrogens is 272 g/mol. The number of rotatable bonds is 3. The molecule has 0 aliphatic rings. The number of nitrogens with zero attached hydrogens (tertiary/aromatic N) is 2. The van der Waals surface area contributed by atoms with Gasteiger partial charge in [-0.15, -0.1) is 0 Å². The first-order valence-electron chi connectivity index (χ1n) is 4.59. The fourth-order valence-electron chi connectivity index (χ4n) is 1.33. The van der Waals surface area contributed by atoms with E-state index >= 15 is 0 Å². The van der Waals surface area contributed by atoms with E-state index in [0.717, 1.165) is 17.7 Å². The fourth-order valence-corrected chi connectivity index (χ4v) is 1.82. The first kappa shape index (κ1) is 10.9. The molecule has 1 heterocycles. The Hall–Kier alpha value is -1.62. The average molecular weight is 281 g/mol. The predicted octanol–water partition coefficient (Wildman–Crippen LogP) is 2.46. The van der Waals surface area contributed by atoms with Crippen molar-refractivity contribution in [2.75, 3.05) is 7.11 Å².